The molecule has 0 atom stereocenters. The van der Waals surface area contributed by atoms with Crippen molar-refractivity contribution in [1.29, 1.82) is 5.26 Å². The van der Waals surface area contributed by atoms with E-state index in [1.165, 1.54) is 24.3 Å². The summed E-state index contributed by atoms with van der Waals surface area (Å²) in [5, 5.41) is 12.2. The number of hydrogen-bond acceptors (Lipinski definition) is 3. The maximum Gasteiger partial charge on any atom is 0.416 e. The zero-order valence-electron chi connectivity index (χ0n) is 17.4. The second kappa shape index (κ2) is 10.2. The van der Waals surface area contributed by atoms with Crippen molar-refractivity contribution in [1.82, 2.24) is 0 Å². The lowest BCUT2D eigenvalue weighted by atomic mass is 10.1. The quantitative estimate of drug-likeness (QED) is 0.318. The molecule has 0 aliphatic carbocycles. The molecular weight excluding hydrogens is 453 g/mol. The summed E-state index contributed by atoms with van der Waals surface area (Å²) in [7, 11) is 0. The second-order valence-electron chi connectivity index (χ2n) is 7.16. The molecule has 0 heterocycles. The number of aryl methyl sites for hydroxylation is 1. The minimum absolute atomic E-state index is 0.0853. The van der Waals surface area contributed by atoms with E-state index < -0.39 is 17.6 Å². The van der Waals surface area contributed by atoms with E-state index in [1.54, 1.807) is 18.2 Å². The molecule has 168 valence electrons. The Bertz CT molecular complexity index is 1230. The summed E-state index contributed by atoms with van der Waals surface area (Å²) >= 11 is 6.07. The third-order valence-corrected chi connectivity index (χ3v) is 4.83. The number of carbonyl (C=O) groups excluding carboxylic acids is 1. The summed E-state index contributed by atoms with van der Waals surface area (Å²) < 4.78 is 44.6. The molecule has 0 unspecified atom stereocenters. The van der Waals surface area contributed by atoms with Gasteiger partial charge in [0.2, 0.25) is 0 Å². The summed E-state index contributed by atoms with van der Waals surface area (Å²) in [6.45, 7) is 2.22. The zero-order chi connectivity index (χ0) is 24.0. The molecule has 0 aliphatic heterocycles. The lowest BCUT2D eigenvalue weighted by Gasteiger charge is -2.11. The number of halogens is 4. The first-order chi connectivity index (χ1) is 15.7. The third-order valence-electron chi connectivity index (χ3n) is 4.60. The van der Waals surface area contributed by atoms with Crippen LogP contribution in [0.15, 0.2) is 72.3 Å². The van der Waals surface area contributed by atoms with Gasteiger partial charge in [0, 0.05) is 16.3 Å². The van der Waals surface area contributed by atoms with E-state index in [1.807, 2.05) is 31.2 Å². The van der Waals surface area contributed by atoms with Crippen molar-refractivity contribution in [3.63, 3.8) is 0 Å². The molecule has 0 saturated heterocycles. The lowest BCUT2D eigenvalue weighted by Crippen LogP contribution is -2.14. The molecule has 0 fully saturated rings. The van der Waals surface area contributed by atoms with Crippen molar-refractivity contribution < 1.29 is 22.7 Å². The number of nitrogens with one attached hydrogen (secondary N) is 1. The number of ether oxygens (including phenoxy) is 1. The van der Waals surface area contributed by atoms with Gasteiger partial charge in [-0.1, -0.05) is 47.5 Å². The van der Waals surface area contributed by atoms with E-state index in [4.69, 9.17) is 16.3 Å². The van der Waals surface area contributed by atoms with Crippen LogP contribution >= 0.6 is 11.6 Å². The second-order valence-corrected chi connectivity index (χ2v) is 7.60. The Morgan fingerprint density at radius 3 is 2.52 bits per heavy atom. The highest BCUT2D eigenvalue weighted by Gasteiger charge is 2.30. The van der Waals surface area contributed by atoms with E-state index in [0.29, 0.717) is 16.3 Å². The van der Waals surface area contributed by atoms with Crippen LogP contribution in [0.2, 0.25) is 5.02 Å². The highest BCUT2D eigenvalue weighted by Crippen LogP contribution is 2.31. The number of hydrogen-bond donors (Lipinski definition) is 1. The van der Waals surface area contributed by atoms with Gasteiger partial charge >= 0.3 is 6.18 Å². The summed E-state index contributed by atoms with van der Waals surface area (Å²) in [6, 6.07) is 18.4. The standard InChI is InChI=1S/C25H18ClF3N2O2/c1-16-5-7-17(8-6-16)15-33-23-10-9-21(26)12-18(23)11-19(14-30)24(32)31-22-4-2-3-20(13-22)25(27,28)29/h2-13H,15H2,1H3,(H,31,32)/b19-11+. The molecule has 3 rings (SSSR count). The first-order valence-electron chi connectivity index (χ1n) is 9.74. The number of nitriles is 1. The minimum Gasteiger partial charge on any atom is -0.488 e. The van der Waals surface area contributed by atoms with Gasteiger partial charge in [0.05, 0.1) is 5.56 Å². The number of nitrogens with zero attached hydrogens (tertiary/aromatic N) is 1. The highest BCUT2D eigenvalue weighted by molar-refractivity contribution is 6.30. The van der Waals surface area contributed by atoms with Gasteiger partial charge in [-0.2, -0.15) is 18.4 Å². The fraction of sp³-hybridized carbons (Fsp3) is 0.120. The van der Waals surface area contributed by atoms with Gasteiger partial charge in [0.15, 0.2) is 0 Å². The van der Waals surface area contributed by atoms with E-state index in [2.05, 4.69) is 5.32 Å². The molecule has 33 heavy (non-hydrogen) atoms. The molecule has 0 aliphatic rings. The van der Waals surface area contributed by atoms with E-state index in [-0.39, 0.29) is 17.9 Å². The molecule has 0 spiro atoms. The molecule has 1 amide bonds. The van der Waals surface area contributed by atoms with Crippen molar-refractivity contribution in [3.8, 4) is 11.8 Å². The van der Waals surface area contributed by atoms with Crippen LogP contribution in [0, 0.1) is 18.3 Å². The lowest BCUT2D eigenvalue weighted by molar-refractivity contribution is -0.137. The molecule has 4 nitrogen and oxygen atoms in total. The molecule has 0 radical (unpaired) electrons. The first-order valence-corrected chi connectivity index (χ1v) is 10.1. The van der Waals surface area contributed by atoms with Gasteiger partial charge in [-0.3, -0.25) is 4.79 Å². The monoisotopic (exact) mass is 470 g/mol. The molecule has 0 saturated carbocycles. The third kappa shape index (κ3) is 6.61. The van der Waals surface area contributed by atoms with Gasteiger partial charge in [-0.05, 0) is 55.0 Å². The molecule has 3 aromatic rings. The number of alkyl halides is 3. The Morgan fingerprint density at radius 2 is 1.85 bits per heavy atom. The van der Waals surface area contributed by atoms with Crippen molar-refractivity contribution in [3.05, 3.63) is 99.6 Å². The Kier molecular flexibility index (Phi) is 7.41. The van der Waals surface area contributed by atoms with Gasteiger partial charge < -0.3 is 10.1 Å². The van der Waals surface area contributed by atoms with Crippen LogP contribution in [-0.2, 0) is 17.6 Å². The number of anilines is 1. The normalized spacial score (nSPS) is 11.6. The molecule has 0 aromatic heterocycles. The average Bonchev–Trinajstić information content (AvgIpc) is 2.77. The summed E-state index contributed by atoms with van der Waals surface area (Å²) in [6.07, 6.45) is -3.28. The average molecular weight is 471 g/mol. The van der Waals surface area contributed by atoms with Crippen molar-refractivity contribution in [2.75, 3.05) is 5.32 Å². The maximum absolute atomic E-state index is 12.9. The smallest absolute Gasteiger partial charge is 0.416 e. The molecule has 3 aromatic carbocycles. The van der Waals surface area contributed by atoms with Gasteiger partial charge in [-0.15, -0.1) is 0 Å². The number of carbonyl (C=O) groups is 1. The number of benzene rings is 3. The van der Waals surface area contributed by atoms with Gasteiger partial charge in [-0.25, -0.2) is 0 Å². The van der Waals surface area contributed by atoms with Crippen LogP contribution in [-0.4, -0.2) is 5.91 Å². The van der Waals surface area contributed by atoms with Crippen LogP contribution in [0.1, 0.15) is 22.3 Å². The maximum atomic E-state index is 12.9. The van der Waals surface area contributed by atoms with Crippen LogP contribution in [0.5, 0.6) is 5.75 Å². The van der Waals surface area contributed by atoms with Crippen molar-refractivity contribution in [2.45, 2.75) is 19.7 Å². The van der Waals surface area contributed by atoms with Crippen LogP contribution in [0.3, 0.4) is 0 Å². The predicted molar refractivity (Wildman–Crippen MR) is 121 cm³/mol. The number of rotatable bonds is 6. The highest BCUT2D eigenvalue weighted by atomic mass is 35.5. The van der Waals surface area contributed by atoms with Crippen molar-refractivity contribution >= 4 is 29.3 Å². The van der Waals surface area contributed by atoms with E-state index in [9.17, 15) is 23.2 Å². The van der Waals surface area contributed by atoms with Gasteiger partial charge in [0.25, 0.3) is 5.91 Å². The molecule has 1 N–H and O–H groups in total. The first kappa shape index (κ1) is 23.9. The Balaban J connectivity index is 1.82. The van der Waals surface area contributed by atoms with Crippen LogP contribution in [0.25, 0.3) is 6.08 Å². The predicted octanol–water partition coefficient (Wildman–Crippen LogP) is 6.79. The topological polar surface area (TPSA) is 62.1 Å². The summed E-state index contributed by atoms with van der Waals surface area (Å²) in [5.74, 6) is -0.471. The van der Waals surface area contributed by atoms with Crippen molar-refractivity contribution in [2.24, 2.45) is 0 Å². The molecule has 8 heteroatoms. The summed E-state index contributed by atoms with van der Waals surface area (Å²) in [5.41, 5.74) is 1.09. The minimum atomic E-state index is -4.56. The van der Waals surface area contributed by atoms with Crippen LogP contribution < -0.4 is 10.1 Å². The molecule has 0 bridgehead atoms. The largest absolute Gasteiger partial charge is 0.488 e. The summed E-state index contributed by atoms with van der Waals surface area (Å²) in [4.78, 5) is 12.6. The molecular formula is C25H18ClF3N2O2. The van der Waals surface area contributed by atoms with Crippen LogP contribution in [0.4, 0.5) is 18.9 Å². The Labute approximate surface area is 193 Å². The fourth-order valence-corrected chi connectivity index (χ4v) is 3.07. The SMILES string of the molecule is Cc1ccc(COc2ccc(Cl)cc2/C=C(\C#N)C(=O)Nc2cccc(C(F)(F)F)c2)cc1. The van der Waals surface area contributed by atoms with E-state index >= 15 is 0 Å². The van der Waals surface area contributed by atoms with E-state index in [0.717, 1.165) is 23.3 Å². The number of amides is 1. The Morgan fingerprint density at radius 1 is 1.12 bits per heavy atom. The zero-order valence-corrected chi connectivity index (χ0v) is 18.2. The fourth-order valence-electron chi connectivity index (χ4n) is 2.88. The Hall–Kier alpha value is -3.76. The van der Waals surface area contributed by atoms with Gasteiger partial charge in [0.1, 0.15) is 24.0 Å².